The molecule has 0 aromatic heterocycles. The molecular formula is C22H23NO5. The van der Waals surface area contributed by atoms with Crippen LogP contribution in [0.15, 0.2) is 55.1 Å². The van der Waals surface area contributed by atoms with Crippen LogP contribution >= 0.6 is 0 Å². The predicted molar refractivity (Wildman–Crippen MR) is 106 cm³/mol. The highest BCUT2D eigenvalue weighted by atomic mass is 16.5. The summed E-state index contributed by atoms with van der Waals surface area (Å²) in [6.07, 6.45) is 1.92. The fourth-order valence-corrected chi connectivity index (χ4v) is 2.91. The molecule has 0 aliphatic carbocycles. The Kier molecular flexibility index (Phi) is 5.68. The van der Waals surface area contributed by atoms with Crippen LogP contribution in [0.1, 0.15) is 30.6 Å². The highest BCUT2D eigenvalue weighted by molar-refractivity contribution is 6.02. The summed E-state index contributed by atoms with van der Waals surface area (Å²) in [6, 6.07) is 12.1. The van der Waals surface area contributed by atoms with E-state index in [1.165, 1.54) is 0 Å². The number of hydrogen-bond donors (Lipinski definition) is 1. The fraction of sp³-hybridized carbons (Fsp3) is 0.273. The summed E-state index contributed by atoms with van der Waals surface area (Å²) >= 11 is 0. The third kappa shape index (κ3) is 4.71. The Bertz CT molecular complexity index is 904. The van der Waals surface area contributed by atoms with Gasteiger partial charge in [0.15, 0.2) is 23.9 Å². The first-order valence-corrected chi connectivity index (χ1v) is 8.99. The van der Waals surface area contributed by atoms with E-state index in [-0.39, 0.29) is 18.3 Å². The van der Waals surface area contributed by atoms with Crippen LogP contribution < -0.4 is 19.5 Å². The van der Waals surface area contributed by atoms with Gasteiger partial charge in [-0.25, -0.2) is 0 Å². The molecule has 3 rings (SSSR count). The van der Waals surface area contributed by atoms with Gasteiger partial charge in [-0.3, -0.25) is 9.59 Å². The number of para-hydroxylation sites is 2. The number of anilines is 1. The summed E-state index contributed by atoms with van der Waals surface area (Å²) < 4.78 is 16.9. The molecule has 1 amide bonds. The number of nitrogens with one attached hydrogen (secondary N) is 1. The Morgan fingerprint density at radius 3 is 2.64 bits per heavy atom. The first-order valence-electron chi connectivity index (χ1n) is 8.99. The SMILES string of the molecule is C=CCOc1ccccc1OCC(=O)Nc1ccc2c(c1)C(=O)CC(C)(C)O2. The number of amides is 1. The second-order valence-electron chi connectivity index (χ2n) is 7.06. The number of carbonyl (C=O) groups excluding carboxylic acids is 2. The second kappa shape index (κ2) is 8.17. The van der Waals surface area contributed by atoms with E-state index in [0.29, 0.717) is 41.5 Å². The average molecular weight is 381 g/mol. The van der Waals surface area contributed by atoms with Gasteiger partial charge in [0.05, 0.1) is 12.0 Å². The van der Waals surface area contributed by atoms with Gasteiger partial charge in [0, 0.05) is 5.69 Å². The Morgan fingerprint density at radius 2 is 1.93 bits per heavy atom. The van der Waals surface area contributed by atoms with Crippen molar-refractivity contribution in [2.45, 2.75) is 25.9 Å². The van der Waals surface area contributed by atoms with Crippen molar-refractivity contribution in [1.29, 1.82) is 0 Å². The summed E-state index contributed by atoms with van der Waals surface area (Å²) in [5.74, 6) is 1.18. The van der Waals surface area contributed by atoms with Crippen LogP contribution in [0.25, 0.3) is 0 Å². The zero-order valence-electron chi connectivity index (χ0n) is 16.0. The number of carbonyl (C=O) groups is 2. The molecule has 1 aliphatic heterocycles. The number of benzene rings is 2. The largest absolute Gasteiger partial charge is 0.487 e. The molecular weight excluding hydrogens is 358 g/mol. The lowest BCUT2D eigenvalue weighted by Gasteiger charge is -2.31. The van der Waals surface area contributed by atoms with E-state index in [2.05, 4.69) is 11.9 Å². The predicted octanol–water partition coefficient (Wildman–Crippen LogP) is 4.01. The van der Waals surface area contributed by atoms with Gasteiger partial charge in [0.25, 0.3) is 5.91 Å². The summed E-state index contributed by atoms with van der Waals surface area (Å²) in [4.78, 5) is 24.6. The molecule has 0 radical (unpaired) electrons. The molecule has 0 atom stereocenters. The topological polar surface area (TPSA) is 73.9 Å². The molecule has 1 aliphatic rings. The second-order valence-corrected chi connectivity index (χ2v) is 7.06. The Balaban J connectivity index is 1.63. The monoisotopic (exact) mass is 381 g/mol. The van der Waals surface area contributed by atoms with E-state index in [4.69, 9.17) is 14.2 Å². The molecule has 0 unspecified atom stereocenters. The Labute approximate surface area is 164 Å². The van der Waals surface area contributed by atoms with Gasteiger partial charge in [0.1, 0.15) is 18.0 Å². The van der Waals surface area contributed by atoms with Crippen LogP contribution in [0.4, 0.5) is 5.69 Å². The molecule has 0 bridgehead atoms. The van der Waals surface area contributed by atoms with E-state index in [9.17, 15) is 9.59 Å². The molecule has 6 nitrogen and oxygen atoms in total. The summed E-state index contributed by atoms with van der Waals surface area (Å²) in [7, 11) is 0. The molecule has 28 heavy (non-hydrogen) atoms. The Hall–Kier alpha value is -3.28. The number of ether oxygens (including phenoxy) is 3. The lowest BCUT2D eigenvalue weighted by Crippen LogP contribution is -2.35. The van der Waals surface area contributed by atoms with Gasteiger partial charge in [-0.15, -0.1) is 0 Å². The van der Waals surface area contributed by atoms with Crippen molar-refractivity contribution < 1.29 is 23.8 Å². The van der Waals surface area contributed by atoms with Crippen LogP contribution in [-0.4, -0.2) is 30.5 Å². The van der Waals surface area contributed by atoms with Gasteiger partial charge in [-0.1, -0.05) is 24.8 Å². The smallest absolute Gasteiger partial charge is 0.262 e. The van der Waals surface area contributed by atoms with Crippen molar-refractivity contribution in [1.82, 2.24) is 0 Å². The van der Waals surface area contributed by atoms with Crippen LogP contribution in [0.3, 0.4) is 0 Å². The van der Waals surface area contributed by atoms with Crippen molar-refractivity contribution in [2.24, 2.45) is 0 Å². The maximum atomic E-state index is 12.3. The molecule has 0 spiro atoms. The zero-order valence-corrected chi connectivity index (χ0v) is 16.0. The van der Waals surface area contributed by atoms with Gasteiger partial charge < -0.3 is 19.5 Å². The fourth-order valence-electron chi connectivity index (χ4n) is 2.91. The van der Waals surface area contributed by atoms with E-state index >= 15 is 0 Å². The highest BCUT2D eigenvalue weighted by Gasteiger charge is 2.32. The molecule has 2 aromatic carbocycles. The van der Waals surface area contributed by atoms with E-state index in [1.807, 2.05) is 19.9 Å². The first-order chi connectivity index (χ1) is 13.4. The van der Waals surface area contributed by atoms with Crippen LogP contribution in [0.2, 0.25) is 0 Å². The van der Waals surface area contributed by atoms with Gasteiger partial charge >= 0.3 is 0 Å². The standard InChI is InChI=1S/C22H23NO5/c1-4-11-26-19-7-5-6-8-20(19)27-14-21(25)23-15-9-10-18-16(12-15)17(24)13-22(2,3)28-18/h4-10,12H,1,11,13-14H2,2-3H3,(H,23,25). The van der Waals surface area contributed by atoms with Crippen molar-refractivity contribution in [3.8, 4) is 17.2 Å². The minimum absolute atomic E-state index is 0.00751. The molecule has 1 heterocycles. The van der Waals surface area contributed by atoms with Crippen LogP contribution in [0.5, 0.6) is 17.2 Å². The maximum absolute atomic E-state index is 12.3. The highest BCUT2D eigenvalue weighted by Crippen LogP contribution is 2.34. The number of Topliss-reactive ketones (excluding diaryl/α,β-unsaturated/α-hetero) is 1. The van der Waals surface area contributed by atoms with Crippen LogP contribution in [0, 0.1) is 0 Å². The molecule has 0 fully saturated rings. The first kappa shape index (κ1) is 19.5. The lowest BCUT2D eigenvalue weighted by molar-refractivity contribution is -0.118. The molecule has 146 valence electrons. The van der Waals surface area contributed by atoms with E-state index in [0.717, 1.165) is 0 Å². The van der Waals surface area contributed by atoms with Crippen LogP contribution in [-0.2, 0) is 4.79 Å². The molecule has 6 heteroatoms. The summed E-state index contributed by atoms with van der Waals surface area (Å²) in [5, 5.41) is 2.74. The van der Waals surface area contributed by atoms with Gasteiger partial charge in [-0.05, 0) is 44.2 Å². The third-order valence-electron chi connectivity index (χ3n) is 4.10. The maximum Gasteiger partial charge on any atom is 0.262 e. The normalized spacial score (nSPS) is 14.4. The lowest BCUT2D eigenvalue weighted by atomic mass is 9.93. The molecule has 2 aromatic rings. The van der Waals surface area contributed by atoms with Gasteiger partial charge in [0.2, 0.25) is 0 Å². The molecule has 0 saturated carbocycles. The average Bonchev–Trinajstić information content (AvgIpc) is 2.65. The third-order valence-corrected chi connectivity index (χ3v) is 4.10. The van der Waals surface area contributed by atoms with Crippen molar-refractivity contribution in [2.75, 3.05) is 18.5 Å². The minimum Gasteiger partial charge on any atom is -0.487 e. The number of ketones is 1. The zero-order chi connectivity index (χ0) is 20.1. The number of hydrogen-bond acceptors (Lipinski definition) is 5. The van der Waals surface area contributed by atoms with E-state index in [1.54, 1.807) is 42.5 Å². The Morgan fingerprint density at radius 1 is 1.21 bits per heavy atom. The van der Waals surface area contributed by atoms with E-state index < -0.39 is 5.60 Å². The van der Waals surface area contributed by atoms with Crippen molar-refractivity contribution >= 4 is 17.4 Å². The quantitative estimate of drug-likeness (QED) is 0.734. The summed E-state index contributed by atoms with van der Waals surface area (Å²) in [6.45, 7) is 7.50. The molecule has 1 N–H and O–H groups in total. The van der Waals surface area contributed by atoms with Crippen molar-refractivity contribution in [3.05, 3.63) is 60.7 Å². The number of fused-ring (bicyclic) bond motifs is 1. The molecule has 0 saturated heterocycles. The summed E-state index contributed by atoms with van der Waals surface area (Å²) in [5.41, 5.74) is 0.463. The van der Waals surface area contributed by atoms with Crippen molar-refractivity contribution in [3.63, 3.8) is 0 Å². The van der Waals surface area contributed by atoms with Gasteiger partial charge in [-0.2, -0.15) is 0 Å². The minimum atomic E-state index is -0.524. The number of rotatable bonds is 7.